The van der Waals surface area contributed by atoms with Gasteiger partial charge in [-0.1, -0.05) is 0 Å². The molecular formula is C13H24Cl2N4O. The van der Waals surface area contributed by atoms with Crippen LogP contribution in [0.5, 0.6) is 0 Å². The zero-order valence-electron chi connectivity index (χ0n) is 11.8. The number of aryl methyl sites for hydroxylation is 1. The van der Waals surface area contributed by atoms with Crippen LogP contribution in [0.25, 0.3) is 0 Å². The smallest absolute Gasteiger partial charge is 0.224 e. The van der Waals surface area contributed by atoms with E-state index < -0.39 is 0 Å². The van der Waals surface area contributed by atoms with Gasteiger partial charge in [-0.15, -0.1) is 24.8 Å². The van der Waals surface area contributed by atoms with Crippen LogP contribution in [0.3, 0.4) is 0 Å². The lowest BCUT2D eigenvalue weighted by Gasteiger charge is -2.38. The van der Waals surface area contributed by atoms with Crippen LogP contribution in [0.1, 0.15) is 32.6 Å². The zero-order chi connectivity index (χ0) is 13.0. The molecule has 2 atom stereocenters. The molecule has 20 heavy (non-hydrogen) atoms. The van der Waals surface area contributed by atoms with Gasteiger partial charge in [-0.05, 0) is 32.3 Å². The van der Waals surface area contributed by atoms with E-state index in [1.54, 1.807) is 10.9 Å². The number of hydrogen-bond donors (Lipinski definition) is 1. The highest BCUT2D eigenvalue weighted by Gasteiger charge is 2.28. The molecule has 7 heteroatoms. The fourth-order valence-corrected chi connectivity index (χ4v) is 2.60. The van der Waals surface area contributed by atoms with E-state index >= 15 is 0 Å². The Hall–Kier alpha value is -0.780. The van der Waals surface area contributed by atoms with Crippen molar-refractivity contribution in [3.63, 3.8) is 0 Å². The number of hydrogen-bond acceptors (Lipinski definition) is 3. The molecule has 1 saturated heterocycles. The third-order valence-electron chi connectivity index (χ3n) is 3.59. The summed E-state index contributed by atoms with van der Waals surface area (Å²) in [6.07, 6.45) is 7.42. The summed E-state index contributed by atoms with van der Waals surface area (Å²) in [5.74, 6) is 0.201. The maximum atomic E-state index is 12.2. The molecule has 1 aromatic heterocycles. The Bertz CT molecular complexity index is 384. The normalized spacial score (nSPS) is 19.7. The summed E-state index contributed by atoms with van der Waals surface area (Å²) >= 11 is 0. The molecule has 0 bridgehead atoms. The molecule has 1 aliphatic heterocycles. The highest BCUT2D eigenvalue weighted by molar-refractivity contribution is 5.85. The molecule has 0 aromatic carbocycles. The number of likely N-dealkylation sites (tertiary alicyclic amines) is 1. The molecule has 0 aliphatic carbocycles. The van der Waals surface area contributed by atoms with Crippen molar-refractivity contribution >= 4 is 30.7 Å². The van der Waals surface area contributed by atoms with Crippen LogP contribution in [0.2, 0.25) is 0 Å². The summed E-state index contributed by atoms with van der Waals surface area (Å²) in [6, 6.07) is 2.14. The third kappa shape index (κ3) is 4.96. The highest BCUT2D eigenvalue weighted by atomic mass is 35.5. The number of nitrogens with zero attached hydrogens (tertiary/aromatic N) is 3. The number of carbonyl (C=O) groups excluding carboxylic acids is 1. The van der Waals surface area contributed by atoms with E-state index in [1.165, 1.54) is 6.42 Å². The number of carbonyl (C=O) groups is 1. The Kier molecular flexibility index (Phi) is 8.85. The fourth-order valence-electron chi connectivity index (χ4n) is 2.60. The van der Waals surface area contributed by atoms with Crippen molar-refractivity contribution in [1.82, 2.24) is 14.7 Å². The molecule has 1 fully saturated rings. The molecule has 1 amide bonds. The molecule has 0 spiro atoms. The molecular weight excluding hydrogens is 299 g/mol. The lowest BCUT2D eigenvalue weighted by molar-refractivity contribution is -0.135. The lowest BCUT2D eigenvalue weighted by Crippen LogP contribution is -2.51. The van der Waals surface area contributed by atoms with E-state index in [-0.39, 0.29) is 42.8 Å². The minimum absolute atomic E-state index is 0. The van der Waals surface area contributed by atoms with Gasteiger partial charge in [-0.25, -0.2) is 0 Å². The molecule has 2 N–H and O–H groups in total. The van der Waals surface area contributed by atoms with E-state index in [4.69, 9.17) is 5.73 Å². The zero-order valence-corrected chi connectivity index (χ0v) is 13.4. The second-order valence-electron chi connectivity index (χ2n) is 5.03. The number of rotatable bonds is 4. The van der Waals surface area contributed by atoms with Crippen molar-refractivity contribution in [1.29, 1.82) is 0 Å². The van der Waals surface area contributed by atoms with Crippen molar-refractivity contribution in [3.8, 4) is 0 Å². The van der Waals surface area contributed by atoms with Crippen molar-refractivity contribution in [2.24, 2.45) is 5.73 Å². The Balaban J connectivity index is 0.00000180. The quantitative estimate of drug-likeness (QED) is 0.920. The van der Waals surface area contributed by atoms with Gasteiger partial charge in [0, 0.05) is 44.0 Å². The van der Waals surface area contributed by atoms with Gasteiger partial charge < -0.3 is 10.6 Å². The molecule has 116 valence electrons. The molecule has 0 radical (unpaired) electrons. The highest BCUT2D eigenvalue weighted by Crippen LogP contribution is 2.20. The first kappa shape index (κ1) is 19.2. The average Bonchev–Trinajstić information content (AvgIpc) is 2.89. The first-order chi connectivity index (χ1) is 8.68. The third-order valence-corrected chi connectivity index (χ3v) is 3.59. The first-order valence-corrected chi connectivity index (χ1v) is 6.71. The van der Waals surface area contributed by atoms with Crippen LogP contribution < -0.4 is 5.73 Å². The van der Waals surface area contributed by atoms with Crippen molar-refractivity contribution < 1.29 is 4.79 Å². The second kappa shape index (κ2) is 9.21. The van der Waals surface area contributed by atoms with Crippen molar-refractivity contribution in [3.05, 3.63) is 18.5 Å². The van der Waals surface area contributed by atoms with E-state index in [9.17, 15) is 4.79 Å². The van der Waals surface area contributed by atoms with Crippen LogP contribution >= 0.6 is 24.8 Å². The molecule has 5 nitrogen and oxygen atoms in total. The van der Waals surface area contributed by atoms with E-state index in [1.807, 2.05) is 24.1 Å². The Labute approximate surface area is 132 Å². The molecule has 2 heterocycles. The molecule has 0 saturated carbocycles. The van der Waals surface area contributed by atoms with Crippen LogP contribution in [0.4, 0.5) is 0 Å². The van der Waals surface area contributed by atoms with E-state index in [0.717, 1.165) is 19.4 Å². The molecule has 2 rings (SSSR count). The van der Waals surface area contributed by atoms with E-state index in [2.05, 4.69) is 5.10 Å². The van der Waals surface area contributed by atoms with Gasteiger partial charge >= 0.3 is 0 Å². The van der Waals surface area contributed by atoms with Crippen LogP contribution in [-0.2, 0) is 11.3 Å². The monoisotopic (exact) mass is 322 g/mol. The average molecular weight is 323 g/mol. The number of halogens is 2. The maximum Gasteiger partial charge on any atom is 0.224 e. The fraction of sp³-hybridized carbons (Fsp3) is 0.692. The van der Waals surface area contributed by atoms with Crippen LogP contribution in [0, 0.1) is 0 Å². The largest absolute Gasteiger partial charge is 0.338 e. The summed E-state index contributed by atoms with van der Waals surface area (Å²) in [5, 5.41) is 4.11. The SMILES string of the molecule is CC(N)C1CCCCN1C(=O)CCn1cccn1.Cl.Cl. The standard InChI is InChI=1S/C13H22N4O.2ClH/c1-11(14)12-5-2-3-9-17(12)13(18)6-10-16-8-4-7-15-16;;/h4,7-8,11-12H,2-3,5-6,9-10,14H2,1H3;2*1H. The number of piperidine rings is 1. The summed E-state index contributed by atoms with van der Waals surface area (Å²) in [4.78, 5) is 14.2. The van der Waals surface area contributed by atoms with Gasteiger partial charge in [0.15, 0.2) is 0 Å². The Morgan fingerprint density at radius 1 is 1.45 bits per heavy atom. The van der Waals surface area contributed by atoms with Crippen molar-refractivity contribution in [2.45, 2.75) is 51.2 Å². The minimum Gasteiger partial charge on any atom is -0.338 e. The van der Waals surface area contributed by atoms with Crippen LogP contribution in [0.15, 0.2) is 18.5 Å². The predicted octanol–water partition coefficient (Wildman–Crippen LogP) is 1.85. The van der Waals surface area contributed by atoms with Gasteiger partial charge in [0.2, 0.25) is 5.91 Å². The summed E-state index contributed by atoms with van der Waals surface area (Å²) < 4.78 is 1.79. The number of aromatic nitrogens is 2. The van der Waals surface area contributed by atoms with Gasteiger partial charge in [0.1, 0.15) is 0 Å². The topological polar surface area (TPSA) is 64.2 Å². The van der Waals surface area contributed by atoms with Gasteiger partial charge in [0.05, 0.1) is 0 Å². The van der Waals surface area contributed by atoms with Gasteiger partial charge in [-0.3, -0.25) is 9.48 Å². The summed E-state index contributed by atoms with van der Waals surface area (Å²) in [7, 11) is 0. The number of nitrogens with two attached hydrogens (primary N) is 1. The summed E-state index contributed by atoms with van der Waals surface area (Å²) in [6.45, 7) is 3.49. The first-order valence-electron chi connectivity index (χ1n) is 6.71. The number of amides is 1. The Morgan fingerprint density at radius 3 is 2.80 bits per heavy atom. The second-order valence-corrected chi connectivity index (χ2v) is 5.03. The van der Waals surface area contributed by atoms with Gasteiger partial charge in [0.25, 0.3) is 0 Å². The predicted molar refractivity (Wildman–Crippen MR) is 84.3 cm³/mol. The van der Waals surface area contributed by atoms with Gasteiger partial charge in [-0.2, -0.15) is 5.10 Å². The van der Waals surface area contributed by atoms with E-state index in [0.29, 0.717) is 13.0 Å². The Morgan fingerprint density at radius 2 is 2.20 bits per heavy atom. The minimum atomic E-state index is 0. The molecule has 1 aliphatic rings. The summed E-state index contributed by atoms with van der Waals surface area (Å²) in [5.41, 5.74) is 5.97. The lowest BCUT2D eigenvalue weighted by atomic mass is 9.96. The maximum absolute atomic E-state index is 12.2. The van der Waals surface area contributed by atoms with Crippen LogP contribution in [-0.4, -0.2) is 39.2 Å². The van der Waals surface area contributed by atoms with Crippen molar-refractivity contribution in [2.75, 3.05) is 6.54 Å². The molecule has 1 aromatic rings. The molecule has 2 unspecified atom stereocenters.